The van der Waals surface area contributed by atoms with E-state index >= 15 is 0 Å². The molecule has 2 aliphatic rings. The van der Waals surface area contributed by atoms with Crippen molar-refractivity contribution in [2.24, 2.45) is 11.8 Å². The van der Waals surface area contributed by atoms with Crippen LogP contribution in [0.4, 0.5) is 13.2 Å². The molecule has 2 fully saturated rings. The fourth-order valence-corrected chi connectivity index (χ4v) is 5.03. The Morgan fingerprint density at radius 1 is 1.26 bits per heavy atom. The lowest BCUT2D eigenvalue weighted by Gasteiger charge is -2.39. The number of fused-ring (bicyclic) bond motifs is 1. The number of amides is 3. The van der Waals surface area contributed by atoms with Gasteiger partial charge in [0.1, 0.15) is 17.8 Å². The molecule has 1 aliphatic carbocycles. The summed E-state index contributed by atoms with van der Waals surface area (Å²) in [6.45, 7) is 3.52. The van der Waals surface area contributed by atoms with Gasteiger partial charge in [0.2, 0.25) is 17.4 Å². The molecule has 4 rings (SSSR count). The number of hydrogen-bond donors (Lipinski definition) is 4. The van der Waals surface area contributed by atoms with E-state index in [0.29, 0.717) is 22.3 Å². The third kappa shape index (κ3) is 5.90. The van der Waals surface area contributed by atoms with Crippen LogP contribution in [0.2, 0.25) is 5.02 Å². The molecule has 0 bridgehead atoms. The molecular formula is C26H29ClF3N5O3. The van der Waals surface area contributed by atoms with Gasteiger partial charge in [0.25, 0.3) is 5.91 Å². The second kappa shape index (κ2) is 10.1. The van der Waals surface area contributed by atoms with E-state index in [1.54, 1.807) is 32.0 Å². The molecule has 2 aromatic rings. The molecule has 0 radical (unpaired) electrons. The van der Waals surface area contributed by atoms with Crippen LogP contribution < -0.4 is 16.0 Å². The van der Waals surface area contributed by atoms with E-state index in [-0.39, 0.29) is 24.5 Å². The number of alkyl halides is 3. The SMILES string of the molecule is CC1(C)CCC(CC(C#N)(NC(=O)C(CC2CC2)NC(=O)c2cc3cccc(Cl)c3[nH]2)C(F)(F)F)C(=O)N1. The van der Waals surface area contributed by atoms with E-state index < -0.39 is 53.4 Å². The first-order valence-electron chi connectivity index (χ1n) is 12.4. The largest absolute Gasteiger partial charge is 0.425 e. The van der Waals surface area contributed by atoms with E-state index in [1.165, 1.54) is 12.1 Å². The standard InChI is InChI=1S/C26H29ClF3N5O3/c1-24(2)9-8-16(21(36)34-24)12-25(13-31,26(28,29)30)35-23(38)18(10-14-6-7-14)33-22(37)19-11-15-4-3-5-17(27)20(15)32-19/h3-5,11,14,16,18,32H,6-10,12H2,1-2H3,(H,33,37)(H,34,36)(H,35,38). The highest BCUT2D eigenvalue weighted by atomic mass is 35.5. The van der Waals surface area contributed by atoms with Crippen LogP contribution in [0.5, 0.6) is 0 Å². The lowest BCUT2D eigenvalue weighted by Crippen LogP contribution is -2.63. The quantitative estimate of drug-likeness (QED) is 0.389. The summed E-state index contributed by atoms with van der Waals surface area (Å²) in [4.78, 5) is 41.6. The first kappa shape index (κ1) is 27.8. The van der Waals surface area contributed by atoms with Crippen molar-refractivity contribution in [3.05, 3.63) is 35.0 Å². The van der Waals surface area contributed by atoms with Crippen LogP contribution in [0.25, 0.3) is 10.9 Å². The Balaban J connectivity index is 1.55. The number of carbonyl (C=O) groups is 3. The number of benzene rings is 1. The monoisotopic (exact) mass is 551 g/mol. The number of aromatic amines is 1. The molecule has 12 heteroatoms. The normalized spacial score (nSPS) is 21.6. The van der Waals surface area contributed by atoms with E-state index in [2.05, 4.69) is 15.6 Å². The Morgan fingerprint density at radius 3 is 2.55 bits per heavy atom. The van der Waals surface area contributed by atoms with Gasteiger partial charge in [0, 0.05) is 23.3 Å². The first-order valence-corrected chi connectivity index (χ1v) is 12.8. The van der Waals surface area contributed by atoms with Crippen LogP contribution in [0, 0.1) is 23.2 Å². The minimum atomic E-state index is -5.16. The summed E-state index contributed by atoms with van der Waals surface area (Å²) in [6, 6.07) is 6.53. The van der Waals surface area contributed by atoms with Gasteiger partial charge in [-0.2, -0.15) is 18.4 Å². The molecule has 1 saturated heterocycles. The molecular weight excluding hydrogens is 523 g/mol. The number of nitrogens with one attached hydrogen (secondary N) is 4. The highest BCUT2D eigenvalue weighted by Gasteiger charge is 2.59. The number of nitrogens with zero attached hydrogens (tertiary/aromatic N) is 1. The Kier molecular flexibility index (Phi) is 7.40. The van der Waals surface area contributed by atoms with Gasteiger partial charge in [-0.25, -0.2) is 0 Å². The number of carbonyl (C=O) groups excluding carboxylic acids is 3. The lowest BCUT2D eigenvalue weighted by molar-refractivity contribution is -0.188. The number of piperidine rings is 1. The Labute approximate surface area is 222 Å². The third-order valence-corrected chi connectivity index (χ3v) is 7.57. The zero-order valence-corrected chi connectivity index (χ0v) is 21.7. The molecule has 2 heterocycles. The van der Waals surface area contributed by atoms with Gasteiger partial charge in [-0.15, -0.1) is 0 Å². The topological polar surface area (TPSA) is 127 Å². The van der Waals surface area contributed by atoms with Gasteiger partial charge in [-0.05, 0) is 51.2 Å². The average molecular weight is 552 g/mol. The molecule has 0 spiro atoms. The van der Waals surface area contributed by atoms with Crippen molar-refractivity contribution in [3.63, 3.8) is 0 Å². The summed E-state index contributed by atoms with van der Waals surface area (Å²) in [6.07, 6.45) is -3.84. The van der Waals surface area contributed by atoms with Crippen molar-refractivity contribution < 1.29 is 27.6 Å². The maximum atomic E-state index is 14.3. The summed E-state index contributed by atoms with van der Waals surface area (Å²) in [5, 5.41) is 17.8. The predicted octanol–water partition coefficient (Wildman–Crippen LogP) is 4.36. The Morgan fingerprint density at radius 2 is 1.97 bits per heavy atom. The second-order valence-electron chi connectivity index (χ2n) is 10.9. The van der Waals surface area contributed by atoms with Crippen molar-refractivity contribution in [1.82, 2.24) is 20.9 Å². The molecule has 3 unspecified atom stereocenters. The molecule has 1 saturated carbocycles. The second-order valence-corrected chi connectivity index (χ2v) is 11.3. The van der Waals surface area contributed by atoms with Crippen molar-refractivity contribution in [2.75, 3.05) is 0 Å². The van der Waals surface area contributed by atoms with Crippen LogP contribution in [0.15, 0.2) is 24.3 Å². The summed E-state index contributed by atoms with van der Waals surface area (Å²) in [5.41, 5.74) is -3.27. The number of para-hydroxylation sites is 1. The highest BCUT2D eigenvalue weighted by molar-refractivity contribution is 6.35. The summed E-state index contributed by atoms with van der Waals surface area (Å²) >= 11 is 6.15. The van der Waals surface area contributed by atoms with Gasteiger partial charge >= 0.3 is 6.18 Å². The number of nitriles is 1. The Bertz CT molecular complexity index is 1300. The van der Waals surface area contributed by atoms with Crippen LogP contribution in [0.1, 0.15) is 62.9 Å². The zero-order chi connectivity index (χ0) is 27.9. The van der Waals surface area contributed by atoms with Gasteiger partial charge < -0.3 is 20.9 Å². The zero-order valence-electron chi connectivity index (χ0n) is 21.0. The Hall–Kier alpha value is -3.26. The van der Waals surface area contributed by atoms with Gasteiger partial charge in [-0.1, -0.05) is 36.6 Å². The van der Waals surface area contributed by atoms with Crippen molar-refractivity contribution in [3.8, 4) is 6.07 Å². The van der Waals surface area contributed by atoms with Crippen LogP contribution in [-0.4, -0.2) is 46.0 Å². The third-order valence-electron chi connectivity index (χ3n) is 7.25. The molecule has 8 nitrogen and oxygen atoms in total. The number of aromatic nitrogens is 1. The number of rotatable bonds is 8. The van der Waals surface area contributed by atoms with Crippen LogP contribution in [0.3, 0.4) is 0 Å². The van der Waals surface area contributed by atoms with Gasteiger partial charge in [0.15, 0.2) is 0 Å². The molecule has 3 atom stereocenters. The van der Waals surface area contributed by atoms with E-state index in [9.17, 15) is 32.8 Å². The molecule has 4 N–H and O–H groups in total. The van der Waals surface area contributed by atoms with Gasteiger partial charge in [0.05, 0.1) is 10.5 Å². The molecule has 1 aromatic carbocycles. The molecule has 3 amide bonds. The van der Waals surface area contributed by atoms with E-state index in [1.807, 2.05) is 5.32 Å². The van der Waals surface area contributed by atoms with Crippen LogP contribution >= 0.6 is 11.6 Å². The summed E-state index contributed by atoms with van der Waals surface area (Å²) in [7, 11) is 0. The smallest absolute Gasteiger partial charge is 0.351 e. The molecule has 1 aliphatic heterocycles. The van der Waals surface area contributed by atoms with E-state index in [4.69, 9.17) is 11.6 Å². The van der Waals surface area contributed by atoms with Crippen LogP contribution in [-0.2, 0) is 9.59 Å². The van der Waals surface area contributed by atoms with Crippen molar-refractivity contribution >= 4 is 40.2 Å². The molecule has 204 valence electrons. The number of H-pyrrole nitrogens is 1. The summed E-state index contributed by atoms with van der Waals surface area (Å²) in [5.74, 6) is -3.47. The number of hydrogen-bond acceptors (Lipinski definition) is 4. The molecule has 1 aromatic heterocycles. The minimum Gasteiger partial charge on any atom is -0.351 e. The van der Waals surface area contributed by atoms with Gasteiger partial charge in [-0.3, -0.25) is 14.4 Å². The average Bonchev–Trinajstić information content (AvgIpc) is 3.53. The minimum absolute atomic E-state index is 0.0666. The van der Waals surface area contributed by atoms with Crippen molar-refractivity contribution in [2.45, 2.75) is 75.7 Å². The maximum Gasteiger partial charge on any atom is 0.425 e. The van der Waals surface area contributed by atoms with E-state index in [0.717, 1.165) is 12.8 Å². The molecule has 38 heavy (non-hydrogen) atoms. The summed E-state index contributed by atoms with van der Waals surface area (Å²) < 4.78 is 43.0. The predicted molar refractivity (Wildman–Crippen MR) is 134 cm³/mol. The number of halogens is 4. The van der Waals surface area contributed by atoms with Crippen molar-refractivity contribution in [1.29, 1.82) is 5.26 Å². The maximum absolute atomic E-state index is 14.3. The fraction of sp³-hybridized carbons (Fsp3) is 0.538. The fourth-order valence-electron chi connectivity index (χ4n) is 4.80. The highest BCUT2D eigenvalue weighted by Crippen LogP contribution is 2.39. The lowest BCUT2D eigenvalue weighted by atomic mass is 9.79. The first-order chi connectivity index (χ1) is 17.7.